The van der Waals surface area contributed by atoms with Gasteiger partial charge in [-0.3, -0.25) is 0 Å². The van der Waals surface area contributed by atoms with Crippen molar-refractivity contribution in [2.75, 3.05) is 19.6 Å². The van der Waals surface area contributed by atoms with Crippen LogP contribution in [0.1, 0.15) is 26.7 Å². The van der Waals surface area contributed by atoms with Gasteiger partial charge in [-0.15, -0.1) is 0 Å². The molecule has 2 nitrogen and oxygen atoms in total. The van der Waals surface area contributed by atoms with Crippen LogP contribution in [0, 0.1) is 5.92 Å². The largest absolute Gasteiger partial charge is 0.331 e. The lowest BCUT2D eigenvalue weighted by molar-refractivity contribution is 0.402. The van der Waals surface area contributed by atoms with Crippen molar-refractivity contribution in [3.8, 4) is 0 Å². The Balaban J connectivity index is 0.000000236. The predicted octanol–water partition coefficient (Wildman–Crippen LogP) is 0.971. The molecule has 0 unspecified atom stereocenters. The molecule has 0 atom stereocenters. The summed E-state index contributed by atoms with van der Waals surface area (Å²) in [7, 11) is 0. The van der Waals surface area contributed by atoms with Crippen molar-refractivity contribution < 1.29 is 0 Å². The predicted molar refractivity (Wildman–Crippen MR) is 46.0 cm³/mol. The summed E-state index contributed by atoms with van der Waals surface area (Å²) in [6, 6.07) is 0. The van der Waals surface area contributed by atoms with E-state index in [0.717, 1.165) is 12.5 Å². The first-order chi connectivity index (χ1) is 4.81. The van der Waals surface area contributed by atoms with Crippen LogP contribution in [-0.4, -0.2) is 19.6 Å². The van der Waals surface area contributed by atoms with Crippen molar-refractivity contribution in [1.82, 2.24) is 5.32 Å². The third-order valence-electron chi connectivity index (χ3n) is 1.63. The van der Waals surface area contributed by atoms with Gasteiger partial charge in [0.2, 0.25) is 0 Å². The van der Waals surface area contributed by atoms with Crippen LogP contribution in [0.5, 0.6) is 0 Å². The Morgan fingerprint density at radius 3 is 2.00 bits per heavy atom. The van der Waals surface area contributed by atoms with Crippen LogP contribution in [-0.2, 0) is 0 Å². The van der Waals surface area contributed by atoms with Gasteiger partial charge in [-0.25, -0.2) is 0 Å². The molecule has 1 aliphatic heterocycles. The average Bonchev–Trinajstić information content (AvgIpc) is 1.91. The second-order valence-corrected chi connectivity index (χ2v) is 2.84. The van der Waals surface area contributed by atoms with Gasteiger partial charge < -0.3 is 11.1 Å². The zero-order valence-electron chi connectivity index (χ0n) is 7.19. The quantitative estimate of drug-likeness (QED) is 0.531. The molecule has 62 valence electrons. The van der Waals surface area contributed by atoms with Crippen molar-refractivity contribution in [2.45, 2.75) is 26.7 Å². The first kappa shape index (κ1) is 9.92. The molecule has 0 amide bonds. The first-order valence-corrected chi connectivity index (χ1v) is 4.22. The second kappa shape index (κ2) is 7.03. The number of piperidine rings is 1. The Kier molecular flexibility index (Phi) is 6.98. The van der Waals surface area contributed by atoms with E-state index in [-0.39, 0.29) is 0 Å². The van der Waals surface area contributed by atoms with E-state index in [9.17, 15) is 0 Å². The Morgan fingerprint density at radius 1 is 1.40 bits per heavy atom. The fourth-order valence-corrected chi connectivity index (χ4v) is 0.966. The molecule has 1 rings (SSSR count). The highest BCUT2D eigenvalue weighted by atomic mass is 14.9. The average molecular weight is 144 g/mol. The highest BCUT2D eigenvalue weighted by Gasteiger charge is 2.04. The first-order valence-electron chi connectivity index (χ1n) is 4.22. The van der Waals surface area contributed by atoms with Crippen LogP contribution in [0.25, 0.3) is 0 Å². The van der Waals surface area contributed by atoms with E-state index in [1.165, 1.54) is 25.9 Å². The van der Waals surface area contributed by atoms with Crippen molar-refractivity contribution in [1.29, 1.82) is 0 Å². The van der Waals surface area contributed by atoms with E-state index >= 15 is 0 Å². The lowest BCUT2D eigenvalue weighted by Gasteiger charge is -2.17. The van der Waals surface area contributed by atoms with Gasteiger partial charge in [-0.05, 0) is 38.4 Å². The van der Waals surface area contributed by atoms with Crippen LogP contribution in [0.3, 0.4) is 0 Å². The van der Waals surface area contributed by atoms with Gasteiger partial charge in [0.1, 0.15) is 0 Å². The topological polar surface area (TPSA) is 38.0 Å². The van der Waals surface area contributed by atoms with E-state index < -0.39 is 0 Å². The summed E-state index contributed by atoms with van der Waals surface area (Å²) in [5.41, 5.74) is 4.85. The van der Waals surface area contributed by atoms with E-state index in [2.05, 4.69) is 12.2 Å². The molecule has 0 bridgehead atoms. The lowest BCUT2D eigenvalue weighted by atomic mass is 10.0. The molecule has 1 heterocycles. The second-order valence-electron chi connectivity index (χ2n) is 2.84. The van der Waals surface area contributed by atoms with Gasteiger partial charge in [0, 0.05) is 0 Å². The zero-order chi connectivity index (χ0) is 7.82. The minimum Gasteiger partial charge on any atom is -0.331 e. The number of rotatable bonds is 0. The third-order valence-corrected chi connectivity index (χ3v) is 1.63. The smallest absolute Gasteiger partial charge is 0.00464 e. The molecular weight excluding hydrogens is 124 g/mol. The molecule has 0 saturated carbocycles. The Bertz CT molecular complexity index is 58.3. The molecular formula is C8H20N2. The summed E-state index contributed by atoms with van der Waals surface area (Å²) >= 11 is 0. The summed E-state index contributed by atoms with van der Waals surface area (Å²) in [4.78, 5) is 0. The maximum absolute atomic E-state index is 4.85. The minimum absolute atomic E-state index is 0.750. The summed E-state index contributed by atoms with van der Waals surface area (Å²) in [5, 5.41) is 3.32. The molecule has 1 fully saturated rings. The lowest BCUT2D eigenvalue weighted by Crippen LogP contribution is -2.26. The van der Waals surface area contributed by atoms with Gasteiger partial charge in [0.05, 0.1) is 0 Å². The summed E-state index contributed by atoms with van der Waals surface area (Å²) in [6.07, 6.45) is 2.75. The van der Waals surface area contributed by atoms with E-state index in [4.69, 9.17) is 5.73 Å². The Hall–Kier alpha value is -0.0800. The molecule has 0 spiro atoms. The molecule has 10 heavy (non-hydrogen) atoms. The zero-order valence-corrected chi connectivity index (χ0v) is 7.19. The van der Waals surface area contributed by atoms with Gasteiger partial charge in [-0.1, -0.05) is 13.8 Å². The molecule has 0 aliphatic carbocycles. The summed E-state index contributed by atoms with van der Waals surface area (Å²) < 4.78 is 0. The Morgan fingerprint density at radius 2 is 1.80 bits per heavy atom. The standard InChI is InChI=1S/C6H13N.C2H7N/c1-6-2-4-7-5-3-6;1-2-3/h6-7H,2-5H2,1H3;2-3H2,1H3. The van der Waals surface area contributed by atoms with Gasteiger partial charge >= 0.3 is 0 Å². The van der Waals surface area contributed by atoms with Crippen LogP contribution in [0.4, 0.5) is 0 Å². The molecule has 0 aromatic rings. The van der Waals surface area contributed by atoms with Crippen LogP contribution >= 0.6 is 0 Å². The van der Waals surface area contributed by atoms with E-state index in [0.29, 0.717) is 0 Å². The molecule has 0 aromatic heterocycles. The number of nitrogens with two attached hydrogens (primary N) is 1. The van der Waals surface area contributed by atoms with E-state index in [1.807, 2.05) is 6.92 Å². The fourth-order valence-electron chi connectivity index (χ4n) is 0.966. The maximum Gasteiger partial charge on any atom is -0.00464 e. The molecule has 0 radical (unpaired) electrons. The molecule has 1 aliphatic rings. The van der Waals surface area contributed by atoms with Gasteiger partial charge in [0.25, 0.3) is 0 Å². The molecule has 2 heteroatoms. The molecule has 0 aromatic carbocycles. The maximum atomic E-state index is 4.85. The highest BCUT2D eigenvalue weighted by molar-refractivity contribution is 4.62. The van der Waals surface area contributed by atoms with Crippen LogP contribution < -0.4 is 11.1 Å². The number of hydrogen-bond acceptors (Lipinski definition) is 2. The highest BCUT2D eigenvalue weighted by Crippen LogP contribution is 2.08. The monoisotopic (exact) mass is 144 g/mol. The SMILES string of the molecule is CC1CCNCC1.CCN. The Labute approximate surface area is 64.2 Å². The van der Waals surface area contributed by atoms with Gasteiger partial charge in [-0.2, -0.15) is 0 Å². The van der Waals surface area contributed by atoms with Crippen molar-refractivity contribution >= 4 is 0 Å². The third kappa shape index (κ3) is 6.05. The fraction of sp³-hybridized carbons (Fsp3) is 1.00. The summed E-state index contributed by atoms with van der Waals surface area (Å²) in [5.74, 6) is 0.973. The van der Waals surface area contributed by atoms with Crippen molar-refractivity contribution in [3.63, 3.8) is 0 Å². The van der Waals surface area contributed by atoms with Gasteiger partial charge in [0.15, 0.2) is 0 Å². The van der Waals surface area contributed by atoms with E-state index in [1.54, 1.807) is 0 Å². The molecule has 3 N–H and O–H groups in total. The van der Waals surface area contributed by atoms with Crippen molar-refractivity contribution in [2.24, 2.45) is 11.7 Å². The minimum atomic E-state index is 0.750. The van der Waals surface area contributed by atoms with Crippen molar-refractivity contribution in [3.05, 3.63) is 0 Å². The summed E-state index contributed by atoms with van der Waals surface area (Å²) in [6.45, 7) is 7.45. The van der Waals surface area contributed by atoms with Crippen LogP contribution in [0.2, 0.25) is 0 Å². The van der Waals surface area contributed by atoms with Crippen LogP contribution in [0.15, 0.2) is 0 Å². The number of hydrogen-bond donors (Lipinski definition) is 2. The number of nitrogens with one attached hydrogen (secondary N) is 1. The molecule has 1 saturated heterocycles. The normalized spacial score (nSPS) is 19.5.